The van der Waals surface area contributed by atoms with E-state index in [1.807, 2.05) is 6.33 Å². The lowest BCUT2D eigenvalue weighted by atomic mass is 9.95. The molecule has 2 aliphatic rings. The number of aromatic nitrogens is 3. The third kappa shape index (κ3) is 2.21. The van der Waals surface area contributed by atoms with Crippen LogP contribution in [-0.4, -0.2) is 32.5 Å². The summed E-state index contributed by atoms with van der Waals surface area (Å²) in [6.07, 6.45) is 8.82. The molecule has 1 saturated carbocycles. The largest absolute Gasteiger partial charge is 0.392 e. The summed E-state index contributed by atoms with van der Waals surface area (Å²) in [5, 5.41) is 21.2. The highest BCUT2D eigenvalue weighted by molar-refractivity contribution is 5.01. The number of nitrogens with one attached hydrogen (secondary N) is 1. The van der Waals surface area contributed by atoms with Crippen molar-refractivity contribution in [2.24, 2.45) is 0 Å². The Morgan fingerprint density at radius 2 is 2.12 bits per heavy atom. The molecule has 3 rings (SSSR count). The Morgan fingerprint density at radius 1 is 1.29 bits per heavy atom. The summed E-state index contributed by atoms with van der Waals surface area (Å²) >= 11 is 0. The molecule has 1 aliphatic carbocycles. The average Bonchev–Trinajstić information content (AvgIpc) is 2.98. The van der Waals surface area contributed by atoms with E-state index in [-0.39, 0.29) is 12.1 Å². The zero-order valence-electron chi connectivity index (χ0n) is 10.0. The van der Waals surface area contributed by atoms with E-state index in [4.69, 9.17) is 0 Å². The molecule has 94 valence electrons. The number of hydrogen-bond acceptors (Lipinski definition) is 4. The molecule has 2 N–H and O–H groups in total. The van der Waals surface area contributed by atoms with Gasteiger partial charge in [-0.15, -0.1) is 10.2 Å². The van der Waals surface area contributed by atoms with Gasteiger partial charge in [-0.1, -0.05) is 19.3 Å². The molecule has 0 unspecified atom stereocenters. The Bertz CT molecular complexity index is 353. The summed E-state index contributed by atoms with van der Waals surface area (Å²) in [4.78, 5) is 0. The molecular formula is C12H20N4O. The normalized spacial score (nSPS) is 30.9. The first-order valence-electron chi connectivity index (χ1n) is 6.65. The molecule has 0 spiro atoms. The maximum absolute atomic E-state index is 9.58. The van der Waals surface area contributed by atoms with Gasteiger partial charge in [-0.3, -0.25) is 0 Å². The molecule has 5 heteroatoms. The molecule has 1 aliphatic heterocycles. The standard InChI is InChI=1S/C12H20N4O/c17-10-6-11(13-7-10)12-15-14-8-16(12)9-4-2-1-3-5-9/h8-11,13,17H,1-7H2/t10-,11-/m0/s1. The molecule has 0 bridgehead atoms. The molecular weight excluding hydrogens is 216 g/mol. The Hall–Kier alpha value is -0.940. The van der Waals surface area contributed by atoms with Gasteiger partial charge in [0.2, 0.25) is 0 Å². The summed E-state index contributed by atoms with van der Waals surface area (Å²) in [5.41, 5.74) is 0. The van der Waals surface area contributed by atoms with Gasteiger partial charge in [0.15, 0.2) is 0 Å². The lowest BCUT2D eigenvalue weighted by Crippen LogP contribution is -2.21. The van der Waals surface area contributed by atoms with Gasteiger partial charge in [-0.05, 0) is 19.3 Å². The predicted octanol–water partition coefficient (Wildman–Crippen LogP) is 1.18. The Balaban J connectivity index is 1.78. The average molecular weight is 236 g/mol. The highest BCUT2D eigenvalue weighted by Gasteiger charge is 2.29. The summed E-state index contributed by atoms with van der Waals surface area (Å²) in [6.45, 7) is 0.669. The van der Waals surface area contributed by atoms with E-state index >= 15 is 0 Å². The lowest BCUT2D eigenvalue weighted by Gasteiger charge is -2.25. The molecule has 1 saturated heterocycles. The highest BCUT2D eigenvalue weighted by Crippen LogP contribution is 2.31. The van der Waals surface area contributed by atoms with E-state index in [2.05, 4.69) is 20.1 Å². The number of β-amino-alcohol motifs (C(OH)–C–C–N with tert-alkyl or cyclic N) is 1. The van der Waals surface area contributed by atoms with Crippen molar-refractivity contribution < 1.29 is 5.11 Å². The molecule has 2 atom stereocenters. The topological polar surface area (TPSA) is 63.0 Å². The predicted molar refractivity (Wildman–Crippen MR) is 63.5 cm³/mol. The van der Waals surface area contributed by atoms with Crippen LogP contribution in [0.3, 0.4) is 0 Å². The molecule has 2 heterocycles. The maximum atomic E-state index is 9.58. The first-order chi connectivity index (χ1) is 8.34. The van der Waals surface area contributed by atoms with E-state index in [1.165, 1.54) is 32.1 Å². The van der Waals surface area contributed by atoms with E-state index in [0.29, 0.717) is 12.6 Å². The smallest absolute Gasteiger partial charge is 0.150 e. The van der Waals surface area contributed by atoms with Crippen molar-refractivity contribution in [2.75, 3.05) is 6.54 Å². The quantitative estimate of drug-likeness (QED) is 0.809. The Morgan fingerprint density at radius 3 is 2.82 bits per heavy atom. The van der Waals surface area contributed by atoms with Crippen molar-refractivity contribution in [1.29, 1.82) is 0 Å². The molecule has 2 fully saturated rings. The van der Waals surface area contributed by atoms with Gasteiger partial charge in [0.1, 0.15) is 12.2 Å². The zero-order chi connectivity index (χ0) is 11.7. The lowest BCUT2D eigenvalue weighted by molar-refractivity contribution is 0.192. The van der Waals surface area contributed by atoms with Crippen LogP contribution in [0.25, 0.3) is 0 Å². The van der Waals surface area contributed by atoms with Crippen molar-refractivity contribution in [2.45, 2.75) is 56.7 Å². The number of hydrogen-bond donors (Lipinski definition) is 2. The summed E-state index contributed by atoms with van der Waals surface area (Å²) in [6, 6.07) is 0.739. The minimum atomic E-state index is -0.239. The van der Waals surface area contributed by atoms with Crippen LogP contribution in [0, 0.1) is 0 Å². The highest BCUT2D eigenvalue weighted by atomic mass is 16.3. The molecule has 1 aromatic rings. The van der Waals surface area contributed by atoms with Crippen molar-refractivity contribution in [1.82, 2.24) is 20.1 Å². The second-order valence-electron chi connectivity index (χ2n) is 5.24. The van der Waals surface area contributed by atoms with E-state index < -0.39 is 0 Å². The summed E-state index contributed by atoms with van der Waals surface area (Å²) in [7, 11) is 0. The number of aliphatic hydroxyl groups is 1. The van der Waals surface area contributed by atoms with Gasteiger partial charge in [-0.25, -0.2) is 0 Å². The van der Waals surface area contributed by atoms with Gasteiger partial charge >= 0.3 is 0 Å². The second-order valence-corrected chi connectivity index (χ2v) is 5.24. The maximum Gasteiger partial charge on any atom is 0.150 e. The van der Waals surface area contributed by atoms with Gasteiger partial charge < -0.3 is 15.0 Å². The Kier molecular flexibility index (Phi) is 3.11. The van der Waals surface area contributed by atoms with Crippen molar-refractivity contribution >= 4 is 0 Å². The fourth-order valence-electron chi connectivity index (χ4n) is 3.06. The molecule has 1 aromatic heterocycles. The van der Waals surface area contributed by atoms with E-state index in [0.717, 1.165) is 12.2 Å². The van der Waals surface area contributed by atoms with Crippen LogP contribution in [0.4, 0.5) is 0 Å². The molecule has 0 radical (unpaired) electrons. The van der Waals surface area contributed by atoms with Crippen LogP contribution in [0.1, 0.15) is 56.4 Å². The van der Waals surface area contributed by atoms with Crippen LogP contribution in [-0.2, 0) is 0 Å². The summed E-state index contributed by atoms with van der Waals surface area (Å²) in [5.74, 6) is 1.01. The monoisotopic (exact) mass is 236 g/mol. The third-order valence-electron chi connectivity index (χ3n) is 3.99. The van der Waals surface area contributed by atoms with Gasteiger partial charge in [0.25, 0.3) is 0 Å². The minimum absolute atomic E-state index is 0.175. The fraction of sp³-hybridized carbons (Fsp3) is 0.833. The van der Waals surface area contributed by atoms with E-state index in [1.54, 1.807) is 0 Å². The van der Waals surface area contributed by atoms with Crippen molar-refractivity contribution in [3.05, 3.63) is 12.2 Å². The molecule has 0 aromatic carbocycles. The SMILES string of the molecule is O[C@@H]1CN[C@H](c2nncn2C2CCCCC2)C1. The van der Waals surface area contributed by atoms with Crippen LogP contribution in [0.2, 0.25) is 0 Å². The zero-order valence-corrected chi connectivity index (χ0v) is 10.0. The number of nitrogens with zero attached hydrogens (tertiary/aromatic N) is 3. The number of rotatable bonds is 2. The first kappa shape index (κ1) is 11.2. The molecule has 0 amide bonds. The van der Waals surface area contributed by atoms with Gasteiger partial charge in [0.05, 0.1) is 12.1 Å². The second kappa shape index (κ2) is 4.74. The first-order valence-corrected chi connectivity index (χ1v) is 6.65. The molecule has 17 heavy (non-hydrogen) atoms. The summed E-state index contributed by atoms with van der Waals surface area (Å²) < 4.78 is 2.23. The molecule has 5 nitrogen and oxygen atoms in total. The minimum Gasteiger partial charge on any atom is -0.392 e. The van der Waals surface area contributed by atoms with Gasteiger partial charge in [-0.2, -0.15) is 0 Å². The van der Waals surface area contributed by atoms with Crippen LogP contribution >= 0.6 is 0 Å². The fourth-order valence-corrected chi connectivity index (χ4v) is 3.06. The van der Waals surface area contributed by atoms with Crippen molar-refractivity contribution in [3.63, 3.8) is 0 Å². The van der Waals surface area contributed by atoms with Crippen LogP contribution in [0.5, 0.6) is 0 Å². The number of aliphatic hydroxyl groups excluding tert-OH is 1. The van der Waals surface area contributed by atoms with Crippen molar-refractivity contribution in [3.8, 4) is 0 Å². The van der Waals surface area contributed by atoms with Gasteiger partial charge in [0, 0.05) is 12.6 Å². The van der Waals surface area contributed by atoms with Crippen LogP contribution in [0.15, 0.2) is 6.33 Å². The Labute approximate surface area is 101 Å². The third-order valence-corrected chi connectivity index (χ3v) is 3.99. The van der Waals surface area contributed by atoms with Crippen LogP contribution < -0.4 is 5.32 Å². The van der Waals surface area contributed by atoms with E-state index in [9.17, 15) is 5.11 Å².